The smallest absolute Gasteiger partial charge is 0.243 e. The van der Waals surface area contributed by atoms with Gasteiger partial charge in [-0.05, 0) is 68.0 Å². The number of methoxy groups -OCH3 is 1. The highest BCUT2D eigenvalue weighted by Crippen LogP contribution is 2.22. The van der Waals surface area contributed by atoms with Crippen molar-refractivity contribution in [1.82, 2.24) is 10.2 Å². The Labute approximate surface area is 227 Å². The van der Waals surface area contributed by atoms with E-state index in [1.807, 2.05) is 56.3 Å². The van der Waals surface area contributed by atoms with Crippen LogP contribution in [0.2, 0.25) is 0 Å². The van der Waals surface area contributed by atoms with E-state index < -0.39 is 16.1 Å². The van der Waals surface area contributed by atoms with Crippen molar-refractivity contribution >= 4 is 27.5 Å². The van der Waals surface area contributed by atoms with E-state index in [2.05, 4.69) is 5.32 Å². The van der Waals surface area contributed by atoms with Crippen molar-refractivity contribution in [1.29, 1.82) is 0 Å². The Hall–Kier alpha value is -3.07. The van der Waals surface area contributed by atoms with Gasteiger partial charge < -0.3 is 15.0 Å². The largest absolute Gasteiger partial charge is 0.497 e. The Morgan fingerprint density at radius 3 is 2.37 bits per heavy atom. The molecule has 0 aromatic heterocycles. The fraction of sp³-hybridized carbons (Fsp3) is 0.517. The van der Waals surface area contributed by atoms with Crippen LogP contribution in [0.5, 0.6) is 5.75 Å². The van der Waals surface area contributed by atoms with E-state index in [1.54, 1.807) is 18.1 Å². The fourth-order valence-electron chi connectivity index (χ4n) is 5.00. The Bertz CT molecular complexity index is 1180. The van der Waals surface area contributed by atoms with Crippen molar-refractivity contribution in [3.8, 4) is 5.75 Å². The molecule has 38 heavy (non-hydrogen) atoms. The third-order valence-corrected chi connectivity index (χ3v) is 8.24. The number of amides is 2. The summed E-state index contributed by atoms with van der Waals surface area (Å²) in [7, 11) is -1.92. The van der Waals surface area contributed by atoms with Gasteiger partial charge in [0.25, 0.3) is 0 Å². The number of rotatable bonds is 13. The predicted octanol–water partition coefficient (Wildman–Crippen LogP) is 4.42. The molecule has 2 aromatic rings. The highest BCUT2D eigenvalue weighted by molar-refractivity contribution is 7.92. The molecule has 0 unspecified atom stereocenters. The van der Waals surface area contributed by atoms with Gasteiger partial charge in [0.05, 0.1) is 19.1 Å². The van der Waals surface area contributed by atoms with Crippen molar-refractivity contribution in [2.75, 3.05) is 24.2 Å². The molecule has 1 fully saturated rings. The summed E-state index contributed by atoms with van der Waals surface area (Å²) in [5.41, 5.74) is 2.43. The molecule has 2 amide bonds. The van der Waals surface area contributed by atoms with Gasteiger partial charge in [-0.2, -0.15) is 0 Å². The molecule has 8 nitrogen and oxygen atoms in total. The second-order valence-electron chi connectivity index (χ2n) is 10.1. The second-order valence-corrected chi connectivity index (χ2v) is 12.0. The average Bonchev–Trinajstić information content (AvgIpc) is 3.39. The van der Waals surface area contributed by atoms with E-state index in [9.17, 15) is 18.0 Å². The van der Waals surface area contributed by atoms with Crippen LogP contribution in [0.25, 0.3) is 0 Å². The summed E-state index contributed by atoms with van der Waals surface area (Å²) < 4.78 is 31.6. The Morgan fingerprint density at radius 1 is 1.11 bits per heavy atom. The molecule has 0 saturated heterocycles. The standard InChI is InChI=1S/C29H41N3O5S/c1-5-27(29(34)30-24-11-6-7-12-24)31(21-23-15-17-26(37-3)18-16-23)28(33)14-9-19-32(38(4,35)36)25-13-8-10-22(2)20-25/h8,10,13,15-18,20,24,27H,5-7,9,11-12,14,19,21H2,1-4H3,(H,30,34)/t27-/m0/s1. The third-order valence-electron chi connectivity index (χ3n) is 7.04. The van der Waals surface area contributed by atoms with E-state index in [-0.39, 0.29) is 37.4 Å². The van der Waals surface area contributed by atoms with Crippen LogP contribution in [0.4, 0.5) is 5.69 Å². The van der Waals surface area contributed by atoms with E-state index in [4.69, 9.17) is 4.74 Å². The molecule has 208 valence electrons. The van der Waals surface area contributed by atoms with Crippen LogP contribution in [0, 0.1) is 6.92 Å². The number of anilines is 1. The molecular formula is C29H41N3O5S. The van der Waals surface area contributed by atoms with Gasteiger partial charge in [-0.25, -0.2) is 8.42 Å². The Balaban J connectivity index is 1.76. The molecule has 0 bridgehead atoms. The summed E-state index contributed by atoms with van der Waals surface area (Å²) in [6.45, 7) is 4.28. The summed E-state index contributed by atoms with van der Waals surface area (Å²) >= 11 is 0. The highest BCUT2D eigenvalue weighted by Gasteiger charge is 2.30. The molecule has 9 heteroatoms. The van der Waals surface area contributed by atoms with Gasteiger partial charge in [0, 0.05) is 25.6 Å². The maximum atomic E-state index is 13.6. The van der Waals surface area contributed by atoms with E-state index >= 15 is 0 Å². The van der Waals surface area contributed by atoms with Crippen LogP contribution in [0.1, 0.15) is 63.0 Å². The SMILES string of the molecule is CC[C@@H](C(=O)NC1CCCC1)N(Cc1ccc(OC)cc1)C(=O)CCCN(c1cccc(C)c1)S(C)(=O)=O. The molecule has 2 aromatic carbocycles. The summed E-state index contributed by atoms with van der Waals surface area (Å²) in [6, 6.07) is 14.3. The number of sulfonamides is 1. The molecule has 1 saturated carbocycles. The van der Waals surface area contributed by atoms with Gasteiger partial charge in [-0.3, -0.25) is 13.9 Å². The molecule has 0 spiro atoms. The zero-order valence-corrected chi connectivity index (χ0v) is 23.8. The van der Waals surface area contributed by atoms with Gasteiger partial charge >= 0.3 is 0 Å². The van der Waals surface area contributed by atoms with E-state index in [0.717, 1.165) is 42.6 Å². The predicted molar refractivity (Wildman–Crippen MR) is 151 cm³/mol. The minimum absolute atomic E-state index is 0.126. The average molecular weight is 544 g/mol. The number of nitrogens with one attached hydrogen (secondary N) is 1. The van der Waals surface area contributed by atoms with Crippen LogP contribution < -0.4 is 14.4 Å². The van der Waals surface area contributed by atoms with Crippen LogP contribution in [-0.2, 0) is 26.2 Å². The maximum Gasteiger partial charge on any atom is 0.243 e. The minimum atomic E-state index is -3.52. The van der Waals surface area contributed by atoms with Crippen LogP contribution >= 0.6 is 0 Å². The van der Waals surface area contributed by atoms with Gasteiger partial charge in [-0.15, -0.1) is 0 Å². The summed E-state index contributed by atoms with van der Waals surface area (Å²) in [6.07, 6.45) is 6.26. The van der Waals surface area contributed by atoms with Crippen molar-refractivity contribution in [2.45, 2.75) is 77.4 Å². The zero-order valence-electron chi connectivity index (χ0n) is 23.0. The first-order valence-electron chi connectivity index (χ1n) is 13.4. The number of aryl methyl sites for hydroxylation is 1. The van der Waals surface area contributed by atoms with Crippen molar-refractivity contribution in [3.05, 3.63) is 59.7 Å². The summed E-state index contributed by atoms with van der Waals surface area (Å²) in [5, 5.41) is 3.15. The Kier molecular flexibility index (Phi) is 10.6. The lowest BCUT2D eigenvalue weighted by atomic mass is 10.1. The number of hydrogen-bond donors (Lipinski definition) is 1. The molecule has 0 heterocycles. The molecular weight excluding hydrogens is 502 g/mol. The normalized spacial score (nSPS) is 14.6. The number of nitrogens with zero attached hydrogens (tertiary/aromatic N) is 2. The van der Waals surface area contributed by atoms with Gasteiger partial charge in [-0.1, -0.05) is 44.0 Å². The van der Waals surface area contributed by atoms with Crippen molar-refractivity contribution in [3.63, 3.8) is 0 Å². The van der Waals surface area contributed by atoms with Gasteiger partial charge in [0.15, 0.2) is 0 Å². The van der Waals surface area contributed by atoms with E-state index in [1.165, 1.54) is 10.6 Å². The number of hydrogen-bond acceptors (Lipinski definition) is 5. The third kappa shape index (κ3) is 8.21. The minimum Gasteiger partial charge on any atom is -0.497 e. The molecule has 0 aliphatic heterocycles. The zero-order chi connectivity index (χ0) is 27.7. The van der Waals surface area contributed by atoms with Crippen LogP contribution in [-0.4, -0.2) is 57.1 Å². The molecule has 0 radical (unpaired) electrons. The lowest BCUT2D eigenvalue weighted by Crippen LogP contribution is -2.51. The lowest BCUT2D eigenvalue weighted by molar-refractivity contribution is -0.141. The first-order chi connectivity index (χ1) is 18.1. The Morgan fingerprint density at radius 2 is 1.79 bits per heavy atom. The quantitative estimate of drug-likeness (QED) is 0.404. The van der Waals surface area contributed by atoms with Crippen LogP contribution in [0.15, 0.2) is 48.5 Å². The summed E-state index contributed by atoms with van der Waals surface area (Å²) in [4.78, 5) is 28.5. The van der Waals surface area contributed by atoms with Crippen LogP contribution in [0.3, 0.4) is 0 Å². The maximum absolute atomic E-state index is 13.6. The van der Waals surface area contributed by atoms with Gasteiger partial charge in [0.2, 0.25) is 21.8 Å². The molecule has 1 aliphatic rings. The lowest BCUT2D eigenvalue weighted by Gasteiger charge is -2.32. The second kappa shape index (κ2) is 13.6. The molecule has 1 aliphatic carbocycles. The van der Waals surface area contributed by atoms with E-state index in [0.29, 0.717) is 18.5 Å². The number of benzene rings is 2. The fourth-order valence-corrected chi connectivity index (χ4v) is 5.96. The van der Waals surface area contributed by atoms with Crippen molar-refractivity contribution < 1.29 is 22.7 Å². The first kappa shape index (κ1) is 29.5. The van der Waals surface area contributed by atoms with Crippen molar-refractivity contribution in [2.24, 2.45) is 0 Å². The topological polar surface area (TPSA) is 96.0 Å². The molecule has 1 N–H and O–H groups in total. The molecule has 3 rings (SSSR count). The number of carbonyl (C=O) groups excluding carboxylic acids is 2. The van der Waals surface area contributed by atoms with Gasteiger partial charge in [0.1, 0.15) is 11.8 Å². The number of ether oxygens (including phenoxy) is 1. The summed E-state index contributed by atoms with van der Waals surface area (Å²) in [5.74, 6) is 0.417. The number of carbonyl (C=O) groups is 2. The molecule has 1 atom stereocenters. The highest BCUT2D eigenvalue weighted by atomic mass is 32.2. The monoisotopic (exact) mass is 543 g/mol. The first-order valence-corrected chi connectivity index (χ1v) is 15.2.